The van der Waals surface area contributed by atoms with E-state index < -0.39 is 41.9 Å². The zero-order valence-corrected chi connectivity index (χ0v) is 23.5. The molecule has 6 atom stereocenters. The molecule has 0 amide bonds. The molecule has 2 aliphatic rings. The molecule has 2 N–H and O–H groups in total. The third-order valence-electron chi connectivity index (χ3n) is 6.46. The summed E-state index contributed by atoms with van der Waals surface area (Å²) in [6.45, 7) is 0.267. The zero-order chi connectivity index (χ0) is 27.1. The van der Waals surface area contributed by atoms with Crippen LogP contribution in [0.1, 0.15) is 17.9 Å². The topological polar surface area (TPSA) is 107 Å². The molecule has 0 spiro atoms. The van der Waals surface area contributed by atoms with E-state index in [1.807, 2.05) is 35.7 Å². The molecule has 2 saturated heterocycles. The summed E-state index contributed by atoms with van der Waals surface area (Å²) in [5.74, 6) is -0.674. The van der Waals surface area contributed by atoms with Crippen molar-refractivity contribution in [2.75, 3.05) is 19.5 Å². The highest BCUT2D eigenvalue weighted by molar-refractivity contribution is 7.99. The van der Waals surface area contributed by atoms with Gasteiger partial charge in [-0.2, -0.15) is 0 Å². The number of thioether (sulfide) groups is 1. The Kier molecular flexibility index (Phi) is 7.79. The summed E-state index contributed by atoms with van der Waals surface area (Å²) in [4.78, 5) is 4.94. The van der Waals surface area contributed by atoms with Gasteiger partial charge in [-0.3, -0.25) is 0 Å². The maximum Gasteiger partial charge on any atom is 0.184 e. The van der Waals surface area contributed by atoms with E-state index in [0.29, 0.717) is 21.4 Å². The number of rotatable bonds is 6. The first kappa shape index (κ1) is 26.9. The van der Waals surface area contributed by atoms with Crippen LogP contribution < -0.4 is 5.73 Å². The van der Waals surface area contributed by atoms with Crippen molar-refractivity contribution in [1.82, 2.24) is 20.0 Å². The Morgan fingerprint density at radius 2 is 1.92 bits per heavy atom. The third-order valence-corrected chi connectivity index (χ3v) is 8.81. The van der Waals surface area contributed by atoms with Crippen molar-refractivity contribution in [2.45, 2.75) is 41.0 Å². The molecule has 0 aliphatic carbocycles. The number of hydrogen-bond donors (Lipinski definition) is 1. The minimum atomic E-state index is -0.674. The molecule has 2 aromatic heterocycles. The Hall–Kier alpha value is -2.29. The van der Waals surface area contributed by atoms with Gasteiger partial charge in [0.2, 0.25) is 0 Å². The Morgan fingerprint density at radius 1 is 1.15 bits per heavy atom. The van der Waals surface area contributed by atoms with E-state index in [1.165, 1.54) is 35.2 Å². The average Bonchev–Trinajstić information content (AvgIpc) is 3.60. The smallest absolute Gasteiger partial charge is 0.184 e. The molecule has 0 radical (unpaired) electrons. The minimum absolute atomic E-state index is 0.0808. The molecule has 204 valence electrons. The van der Waals surface area contributed by atoms with Crippen molar-refractivity contribution in [3.05, 3.63) is 75.5 Å². The Morgan fingerprint density at radius 3 is 2.62 bits per heavy atom. The largest absolute Gasteiger partial charge is 0.375 e. The van der Waals surface area contributed by atoms with Crippen LogP contribution in [0.2, 0.25) is 10.0 Å². The molecular weight excluding hydrogens is 588 g/mol. The van der Waals surface area contributed by atoms with Crippen LogP contribution in [0.4, 0.5) is 9.52 Å². The number of aromatic nitrogens is 4. The van der Waals surface area contributed by atoms with Crippen molar-refractivity contribution in [3.63, 3.8) is 0 Å². The number of hydrogen-bond acceptors (Lipinski definition) is 10. The van der Waals surface area contributed by atoms with Gasteiger partial charge in [-0.1, -0.05) is 70.5 Å². The summed E-state index contributed by atoms with van der Waals surface area (Å²) in [6.07, 6.45) is -0.342. The minimum Gasteiger partial charge on any atom is -0.375 e. The van der Waals surface area contributed by atoms with E-state index in [9.17, 15) is 4.39 Å². The number of nitrogens with zero attached hydrogens (tertiary/aromatic N) is 4. The Balaban J connectivity index is 1.36. The number of halogens is 3. The fourth-order valence-electron chi connectivity index (χ4n) is 4.67. The van der Waals surface area contributed by atoms with E-state index in [1.54, 1.807) is 18.0 Å². The maximum atomic E-state index is 14.1. The van der Waals surface area contributed by atoms with E-state index in [4.69, 9.17) is 47.9 Å². The lowest BCUT2D eigenvalue weighted by Gasteiger charge is -2.48. The van der Waals surface area contributed by atoms with Gasteiger partial charge in [0.1, 0.15) is 41.2 Å². The van der Waals surface area contributed by atoms with Crippen LogP contribution in [0.5, 0.6) is 0 Å². The summed E-state index contributed by atoms with van der Waals surface area (Å²) < 4.78 is 40.8. The van der Waals surface area contributed by atoms with E-state index >= 15 is 0 Å². The van der Waals surface area contributed by atoms with Crippen molar-refractivity contribution in [1.29, 1.82) is 0 Å². The molecule has 6 rings (SSSR count). The number of nitrogens with two attached hydrogens (primary N) is 1. The second kappa shape index (κ2) is 11.3. The van der Waals surface area contributed by atoms with Crippen LogP contribution in [0.3, 0.4) is 0 Å². The van der Waals surface area contributed by atoms with Crippen molar-refractivity contribution >= 4 is 51.4 Å². The van der Waals surface area contributed by atoms with E-state index in [0.717, 1.165) is 5.56 Å². The number of methoxy groups -OCH3 is 1. The first-order valence-corrected chi connectivity index (χ1v) is 14.4. The van der Waals surface area contributed by atoms with Gasteiger partial charge in [0, 0.05) is 22.9 Å². The second-order valence-electron chi connectivity index (χ2n) is 8.88. The van der Waals surface area contributed by atoms with Gasteiger partial charge in [-0.15, -0.1) is 16.4 Å². The van der Waals surface area contributed by atoms with E-state index in [2.05, 4.69) is 15.3 Å². The van der Waals surface area contributed by atoms with Crippen LogP contribution >= 0.6 is 46.3 Å². The van der Waals surface area contributed by atoms with Crippen molar-refractivity contribution in [3.8, 4) is 11.4 Å². The van der Waals surface area contributed by atoms with Crippen LogP contribution in [-0.4, -0.2) is 57.4 Å². The SMILES string of the molecule is COC1C(n2cc(-c3csc(N)n3)nn2)[C@H]2OC(c3ccccc3)OCC2O[C@@H]1Sc1cc(Cl)c(F)c(Cl)c1. The highest BCUT2D eigenvalue weighted by Gasteiger charge is 2.52. The number of ether oxygens (including phenoxy) is 4. The predicted octanol–water partition coefficient (Wildman–Crippen LogP) is 5.62. The number of thiazole rings is 1. The lowest BCUT2D eigenvalue weighted by molar-refractivity contribution is -0.308. The summed E-state index contributed by atoms with van der Waals surface area (Å²) in [5, 5.41) is 10.9. The van der Waals surface area contributed by atoms with E-state index in [-0.39, 0.29) is 16.7 Å². The summed E-state index contributed by atoms with van der Waals surface area (Å²) >= 11 is 14.7. The molecule has 2 aromatic carbocycles. The van der Waals surface area contributed by atoms with Crippen molar-refractivity contribution < 1.29 is 23.3 Å². The first-order chi connectivity index (χ1) is 18.9. The molecular formula is C25H22Cl2FN5O4S2. The van der Waals surface area contributed by atoms with Gasteiger partial charge >= 0.3 is 0 Å². The van der Waals surface area contributed by atoms with Gasteiger partial charge in [0.25, 0.3) is 0 Å². The molecule has 0 bridgehead atoms. The first-order valence-electron chi connectivity index (χ1n) is 11.9. The predicted molar refractivity (Wildman–Crippen MR) is 146 cm³/mol. The summed E-state index contributed by atoms with van der Waals surface area (Å²) in [5.41, 5.74) is 7.33. The number of nitrogen functional groups attached to an aromatic ring is 1. The highest BCUT2D eigenvalue weighted by Crippen LogP contribution is 2.45. The van der Waals surface area contributed by atoms with Crippen LogP contribution in [-0.2, 0) is 18.9 Å². The molecule has 14 heteroatoms. The van der Waals surface area contributed by atoms with Gasteiger partial charge in [0.15, 0.2) is 17.2 Å². The molecule has 39 heavy (non-hydrogen) atoms. The van der Waals surface area contributed by atoms with Gasteiger partial charge in [-0.25, -0.2) is 14.1 Å². The molecule has 0 saturated carbocycles. The Labute approximate surface area is 241 Å². The summed E-state index contributed by atoms with van der Waals surface area (Å²) in [7, 11) is 1.59. The molecule has 4 unspecified atom stereocenters. The van der Waals surface area contributed by atoms with Gasteiger partial charge in [0.05, 0.1) is 22.8 Å². The van der Waals surface area contributed by atoms with Crippen molar-refractivity contribution in [2.24, 2.45) is 0 Å². The molecule has 2 fully saturated rings. The monoisotopic (exact) mass is 609 g/mol. The van der Waals surface area contributed by atoms with Gasteiger partial charge in [-0.05, 0) is 12.1 Å². The molecule has 2 aliphatic heterocycles. The third kappa shape index (κ3) is 5.40. The Bertz CT molecular complexity index is 1440. The van der Waals surface area contributed by atoms with Crippen LogP contribution in [0.15, 0.2) is 58.9 Å². The van der Waals surface area contributed by atoms with Crippen LogP contribution in [0.25, 0.3) is 11.4 Å². The molecule has 4 heterocycles. The highest BCUT2D eigenvalue weighted by atomic mass is 35.5. The standard InChI is InChI=1S/C25H22Cl2FN5O4S2/c1-34-22-20(33-9-16(31-32-33)17-11-38-25(29)30-17)21-18(10-35-23(37-21)12-5-3-2-4-6-12)36-24(22)39-13-7-14(26)19(28)15(27)8-13/h2-9,11,18,20-24H,10H2,1H3,(H2,29,30)/t18?,20?,21-,22?,23?,24+/m0/s1. The average molecular weight is 611 g/mol. The zero-order valence-electron chi connectivity index (χ0n) is 20.3. The molecule has 9 nitrogen and oxygen atoms in total. The fraction of sp³-hybridized carbons (Fsp3) is 0.320. The second-order valence-corrected chi connectivity index (χ2v) is 11.8. The number of benzene rings is 2. The van der Waals surface area contributed by atoms with Gasteiger partial charge < -0.3 is 24.7 Å². The quantitative estimate of drug-likeness (QED) is 0.279. The number of anilines is 1. The number of fused-ring (bicyclic) bond motifs is 1. The normalized spacial score (nSPS) is 26.9. The van der Waals surface area contributed by atoms with Crippen LogP contribution in [0, 0.1) is 5.82 Å². The lowest BCUT2D eigenvalue weighted by atomic mass is 9.95. The summed E-state index contributed by atoms with van der Waals surface area (Å²) in [6, 6.07) is 12.2. The maximum absolute atomic E-state index is 14.1. The fourth-order valence-corrected chi connectivity index (χ4v) is 7.09. The molecule has 4 aromatic rings. The lowest BCUT2D eigenvalue weighted by Crippen LogP contribution is -2.59.